The van der Waals surface area contributed by atoms with E-state index in [9.17, 15) is 8.42 Å². The van der Waals surface area contributed by atoms with E-state index in [1.807, 2.05) is 24.3 Å². The SMILES string of the molecule is CC(C)S(=O)(=O)c1ccc(-c2ccccn2)s1. The topological polar surface area (TPSA) is 47.0 Å². The van der Waals surface area contributed by atoms with E-state index in [0.717, 1.165) is 10.6 Å². The first-order valence-corrected chi connectivity index (χ1v) is 7.63. The first-order chi connectivity index (χ1) is 8.01. The molecule has 2 rings (SSSR count). The molecule has 0 amide bonds. The molecule has 2 heterocycles. The van der Waals surface area contributed by atoms with Gasteiger partial charge in [0.1, 0.15) is 4.21 Å². The molecule has 0 bridgehead atoms. The van der Waals surface area contributed by atoms with Gasteiger partial charge in [-0.25, -0.2) is 8.42 Å². The van der Waals surface area contributed by atoms with Crippen molar-refractivity contribution in [1.82, 2.24) is 4.98 Å². The number of rotatable bonds is 3. The maximum Gasteiger partial charge on any atom is 0.190 e. The monoisotopic (exact) mass is 267 g/mol. The molecule has 5 heteroatoms. The summed E-state index contributed by atoms with van der Waals surface area (Å²) in [6, 6.07) is 9.06. The van der Waals surface area contributed by atoms with Gasteiger partial charge in [0.15, 0.2) is 9.84 Å². The quantitative estimate of drug-likeness (QED) is 0.859. The lowest BCUT2D eigenvalue weighted by molar-refractivity contribution is 0.589. The van der Waals surface area contributed by atoms with E-state index in [1.165, 1.54) is 11.3 Å². The first kappa shape index (κ1) is 12.3. The van der Waals surface area contributed by atoms with Gasteiger partial charge in [-0.15, -0.1) is 11.3 Å². The van der Waals surface area contributed by atoms with E-state index in [2.05, 4.69) is 4.98 Å². The largest absolute Gasteiger partial charge is 0.255 e. The van der Waals surface area contributed by atoms with Gasteiger partial charge in [0.25, 0.3) is 0 Å². The van der Waals surface area contributed by atoms with Crippen LogP contribution in [0.15, 0.2) is 40.7 Å². The van der Waals surface area contributed by atoms with Crippen LogP contribution >= 0.6 is 11.3 Å². The number of sulfone groups is 1. The van der Waals surface area contributed by atoms with Crippen molar-refractivity contribution in [2.45, 2.75) is 23.3 Å². The van der Waals surface area contributed by atoms with Gasteiger partial charge in [-0.2, -0.15) is 0 Å². The van der Waals surface area contributed by atoms with E-state index in [0.29, 0.717) is 4.21 Å². The standard InChI is InChI=1S/C12H13NO2S2/c1-9(2)17(14,15)12-7-6-11(16-12)10-5-3-4-8-13-10/h3-9H,1-2H3. The second-order valence-corrected chi connectivity index (χ2v) is 7.74. The van der Waals surface area contributed by atoms with Gasteiger partial charge in [-0.05, 0) is 38.1 Å². The molecule has 0 aliphatic heterocycles. The minimum atomic E-state index is -3.17. The van der Waals surface area contributed by atoms with Crippen LogP contribution in [0.1, 0.15) is 13.8 Å². The lowest BCUT2D eigenvalue weighted by Crippen LogP contribution is -2.12. The summed E-state index contributed by atoms with van der Waals surface area (Å²) in [7, 11) is -3.17. The third-order valence-corrected chi connectivity index (χ3v) is 6.19. The van der Waals surface area contributed by atoms with Crippen LogP contribution in [0.5, 0.6) is 0 Å². The second-order valence-electron chi connectivity index (χ2n) is 3.93. The molecule has 0 radical (unpaired) electrons. The Labute approximate surface area is 105 Å². The number of aromatic nitrogens is 1. The van der Waals surface area contributed by atoms with Gasteiger partial charge in [-0.1, -0.05) is 6.07 Å². The summed E-state index contributed by atoms with van der Waals surface area (Å²) in [5.41, 5.74) is 0.808. The van der Waals surface area contributed by atoms with E-state index in [-0.39, 0.29) is 0 Å². The van der Waals surface area contributed by atoms with Gasteiger partial charge in [-0.3, -0.25) is 4.98 Å². The van der Waals surface area contributed by atoms with E-state index in [4.69, 9.17) is 0 Å². The summed E-state index contributed by atoms with van der Waals surface area (Å²) in [6.45, 7) is 3.38. The zero-order valence-electron chi connectivity index (χ0n) is 9.62. The van der Waals surface area contributed by atoms with Crippen LogP contribution in [0, 0.1) is 0 Å². The summed E-state index contributed by atoms with van der Waals surface area (Å²) in [5.74, 6) is 0. The van der Waals surface area contributed by atoms with Gasteiger partial charge < -0.3 is 0 Å². The fourth-order valence-electron chi connectivity index (χ4n) is 1.35. The van der Waals surface area contributed by atoms with Crippen LogP contribution in [0.4, 0.5) is 0 Å². The normalized spacial score (nSPS) is 11.9. The average molecular weight is 267 g/mol. The highest BCUT2D eigenvalue weighted by atomic mass is 32.2. The molecular formula is C12H13NO2S2. The first-order valence-electron chi connectivity index (χ1n) is 5.27. The molecule has 0 aliphatic carbocycles. The van der Waals surface area contributed by atoms with Crippen LogP contribution in [-0.2, 0) is 9.84 Å². The molecule has 0 saturated carbocycles. The highest BCUT2D eigenvalue weighted by Gasteiger charge is 2.21. The van der Waals surface area contributed by atoms with Crippen molar-refractivity contribution in [3.63, 3.8) is 0 Å². The Balaban J connectivity index is 2.42. The van der Waals surface area contributed by atoms with E-state index < -0.39 is 15.1 Å². The summed E-state index contributed by atoms with van der Waals surface area (Å²) in [5, 5.41) is -0.391. The number of nitrogens with zero attached hydrogens (tertiary/aromatic N) is 1. The molecule has 0 atom stereocenters. The van der Waals surface area contributed by atoms with Gasteiger partial charge >= 0.3 is 0 Å². The number of hydrogen-bond acceptors (Lipinski definition) is 4. The van der Waals surface area contributed by atoms with Crippen molar-refractivity contribution >= 4 is 21.2 Å². The number of thiophene rings is 1. The third-order valence-electron chi connectivity index (χ3n) is 2.40. The van der Waals surface area contributed by atoms with E-state index in [1.54, 1.807) is 26.1 Å². The van der Waals surface area contributed by atoms with Crippen LogP contribution < -0.4 is 0 Å². The highest BCUT2D eigenvalue weighted by Crippen LogP contribution is 2.31. The van der Waals surface area contributed by atoms with Crippen LogP contribution in [-0.4, -0.2) is 18.7 Å². The van der Waals surface area contributed by atoms with Crippen LogP contribution in [0.25, 0.3) is 10.6 Å². The van der Waals surface area contributed by atoms with Crippen LogP contribution in [0.3, 0.4) is 0 Å². The minimum Gasteiger partial charge on any atom is -0.255 e. The zero-order valence-corrected chi connectivity index (χ0v) is 11.3. The molecule has 0 unspecified atom stereocenters. The Bertz CT molecular complexity index is 600. The van der Waals surface area contributed by atoms with Crippen molar-refractivity contribution in [1.29, 1.82) is 0 Å². The Hall–Kier alpha value is -1.20. The molecule has 0 fully saturated rings. The summed E-state index contributed by atoms with van der Waals surface area (Å²) < 4.78 is 24.3. The Morgan fingerprint density at radius 3 is 2.53 bits per heavy atom. The van der Waals surface area contributed by atoms with Crippen molar-refractivity contribution in [3.05, 3.63) is 36.5 Å². The lowest BCUT2D eigenvalue weighted by atomic mass is 10.3. The Morgan fingerprint density at radius 1 is 1.18 bits per heavy atom. The van der Waals surface area contributed by atoms with Crippen LogP contribution in [0.2, 0.25) is 0 Å². The molecule has 0 aromatic carbocycles. The smallest absolute Gasteiger partial charge is 0.190 e. The summed E-state index contributed by atoms with van der Waals surface area (Å²) in [4.78, 5) is 5.08. The second kappa shape index (κ2) is 4.58. The Morgan fingerprint density at radius 2 is 1.94 bits per heavy atom. The zero-order chi connectivity index (χ0) is 12.5. The molecule has 0 spiro atoms. The van der Waals surface area contributed by atoms with E-state index >= 15 is 0 Å². The van der Waals surface area contributed by atoms with Crippen molar-refractivity contribution in [2.24, 2.45) is 0 Å². The third kappa shape index (κ3) is 2.40. The molecule has 0 aliphatic rings. The van der Waals surface area contributed by atoms with Crippen molar-refractivity contribution in [2.75, 3.05) is 0 Å². The molecule has 90 valence electrons. The van der Waals surface area contributed by atoms with Crippen molar-refractivity contribution in [3.8, 4) is 10.6 Å². The lowest BCUT2D eigenvalue weighted by Gasteiger charge is -2.03. The Kier molecular flexibility index (Phi) is 3.31. The molecular weight excluding hydrogens is 254 g/mol. The molecule has 2 aromatic heterocycles. The number of hydrogen-bond donors (Lipinski definition) is 0. The predicted molar refractivity (Wildman–Crippen MR) is 69.9 cm³/mol. The maximum absolute atomic E-state index is 12.0. The fourth-order valence-corrected chi connectivity index (χ4v) is 4.10. The van der Waals surface area contributed by atoms with Gasteiger partial charge in [0.2, 0.25) is 0 Å². The molecule has 2 aromatic rings. The molecule has 0 N–H and O–H groups in total. The number of pyridine rings is 1. The average Bonchev–Trinajstić information content (AvgIpc) is 2.80. The highest BCUT2D eigenvalue weighted by molar-refractivity contribution is 7.94. The maximum atomic E-state index is 12.0. The molecule has 17 heavy (non-hydrogen) atoms. The summed E-state index contributed by atoms with van der Waals surface area (Å²) in [6.07, 6.45) is 1.70. The summed E-state index contributed by atoms with van der Waals surface area (Å²) >= 11 is 1.27. The molecule has 3 nitrogen and oxygen atoms in total. The van der Waals surface area contributed by atoms with Crippen molar-refractivity contribution < 1.29 is 8.42 Å². The fraction of sp³-hybridized carbons (Fsp3) is 0.250. The minimum absolute atomic E-state index is 0.391. The van der Waals surface area contributed by atoms with Gasteiger partial charge in [0, 0.05) is 6.20 Å². The predicted octanol–water partition coefficient (Wildman–Crippen LogP) is 2.99. The molecule has 0 saturated heterocycles. The van der Waals surface area contributed by atoms with Gasteiger partial charge in [0.05, 0.1) is 15.8 Å².